The standard InChI is InChI=1S/C16H15ClN2O3/c17-13-7-3-1-5-11(13)9-10-15(21)18-19-16(22)12-6-2-4-8-14(12)20/h1-8,20H,9-10H2,(H,18,21)(H,19,22). The van der Waals surface area contributed by atoms with Gasteiger partial charge in [-0.05, 0) is 30.2 Å². The number of amides is 2. The zero-order valence-corrected chi connectivity index (χ0v) is 12.4. The number of aryl methyl sites for hydroxylation is 1. The monoisotopic (exact) mass is 318 g/mol. The quantitative estimate of drug-likeness (QED) is 0.758. The van der Waals surface area contributed by atoms with Crippen LogP contribution in [0, 0.1) is 0 Å². The van der Waals surface area contributed by atoms with Gasteiger partial charge in [-0.1, -0.05) is 41.9 Å². The van der Waals surface area contributed by atoms with Crippen molar-refractivity contribution < 1.29 is 14.7 Å². The van der Waals surface area contributed by atoms with E-state index in [0.29, 0.717) is 11.4 Å². The first-order chi connectivity index (χ1) is 10.6. The number of hydrogen-bond donors (Lipinski definition) is 3. The predicted octanol–water partition coefficient (Wildman–Crippen LogP) is 2.44. The summed E-state index contributed by atoms with van der Waals surface area (Å²) in [5.41, 5.74) is 5.52. The smallest absolute Gasteiger partial charge is 0.273 e. The van der Waals surface area contributed by atoms with Crippen LogP contribution in [0.25, 0.3) is 0 Å². The molecule has 0 aliphatic heterocycles. The van der Waals surface area contributed by atoms with Crippen LogP contribution in [0.5, 0.6) is 5.75 Å². The fraction of sp³-hybridized carbons (Fsp3) is 0.125. The first kappa shape index (κ1) is 15.9. The first-order valence-corrected chi connectivity index (χ1v) is 7.06. The predicted molar refractivity (Wildman–Crippen MR) is 83.5 cm³/mol. The Morgan fingerprint density at radius 3 is 2.41 bits per heavy atom. The van der Waals surface area contributed by atoms with E-state index in [2.05, 4.69) is 10.9 Å². The summed E-state index contributed by atoms with van der Waals surface area (Å²) >= 11 is 6.00. The molecule has 0 radical (unpaired) electrons. The minimum atomic E-state index is -0.579. The molecule has 0 atom stereocenters. The van der Waals surface area contributed by atoms with Crippen molar-refractivity contribution in [3.63, 3.8) is 0 Å². The fourth-order valence-corrected chi connectivity index (χ4v) is 2.10. The Kier molecular flexibility index (Phi) is 5.38. The van der Waals surface area contributed by atoms with Crippen LogP contribution in [-0.4, -0.2) is 16.9 Å². The van der Waals surface area contributed by atoms with Gasteiger partial charge in [0.1, 0.15) is 5.75 Å². The molecule has 0 aromatic heterocycles. The summed E-state index contributed by atoms with van der Waals surface area (Å²) in [5, 5.41) is 10.1. The maximum atomic E-state index is 11.8. The number of carbonyl (C=O) groups excluding carboxylic acids is 2. The first-order valence-electron chi connectivity index (χ1n) is 6.68. The highest BCUT2D eigenvalue weighted by Gasteiger charge is 2.11. The normalized spacial score (nSPS) is 10.0. The Labute approximate surface area is 132 Å². The molecular formula is C16H15ClN2O3. The Balaban J connectivity index is 1.82. The molecule has 0 aliphatic carbocycles. The lowest BCUT2D eigenvalue weighted by molar-refractivity contribution is -0.121. The van der Waals surface area contributed by atoms with Gasteiger partial charge in [-0.3, -0.25) is 20.4 Å². The molecule has 0 saturated heterocycles. The van der Waals surface area contributed by atoms with Crippen molar-refractivity contribution in [1.29, 1.82) is 0 Å². The third kappa shape index (κ3) is 4.23. The molecule has 114 valence electrons. The van der Waals surface area contributed by atoms with E-state index < -0.39 is 5.91 Å². The van der Waals surface area contributed by atoms with Crippen LogP contribution in [-0.2, 0) is 11.2 Å². The topological polar surface area (TPSA) is 78.4 Å². The van der Waals surface area contributed by atoms with Crippen molar-refractivity contribution in [3.05, 3.63) is 64.7 Å². The SMILES string of the molecule is O=C(CCc1ccccc1Cl)NNC(=O)c1ccccc1O. The van der Waals surface area contributed by atoms with E-state index in [1.807, 2.05) is 18.2 Å². The van der Waals surface area contributed by atoms with Gasteiger partial charge in [-0.2, -0.15) is 0 Å². The van der Waals surface area contributed by atoms with Gasteiger partial charge in [0.2, 0.25) is 5.91 Å². The van der Waals surface area contributed by atoms with Crippen molar-refractivity contribution in [2.75, 3.05) is 0 Å². The lowest BCUT2D eigenvalue weighted by Crippen LogP contribution is -2.41. The second kappa shape index (κ2) is 7.47. The van der Waals surface area contributed by atoms with Crippen LogP contribution >= 0.6 is 11.6 Å². The summed E-state index contributed by atoms with van der Waals surface area (Å²) < 4.78 is 0. The van der Waals surface area contributed by atoms with E-state index >= 15 is 0 Å². The zero-order valence-electron chi connectivity index (χ0n) is 11.7. The van der Waals surface area contributed by atoms with Crippen LogP contribution in [0.2, 0.25) is 5.02 Å². The molecule has 22 heavy (non-hydrogen) atoms. The third-order valence-electron chi connectivity index (χ3n) is 3.04. The Bertz CT molecular complexity index is 689. The van der Waals surface area contributed by atoms with E-state index in [4.69, 9.17) is 11.6 Å². The highest BCUT2D eigenvalue weighted by Crippen LogP contribution is 2.16. The van der Waals surface area contributed by atoms with Gasteiger partial charge in [-0.15, -0.1) is 0 Å². The molecule has 0 spiro atoms. The Morgan fingerprint density at radius 1 is 1.00 bits per heavy atom. The molecule has 0 unspecified atom stereocenters. The van der Waals surface area contributed by atoms with Crippen LogP contribution in [0.3, 0.4) is 0 Å². The maximum absolute atomic E-state index is 11.8. The molecule has 0 bridgehead atoms. The van der Waals surface area contributed by atoms with Crippen LogP contribution < -0.4 is 10.9 Å². The average molecular weight is 319 g/mol. The molecular weight excluding hydrogens is 304 g/mol. The van der Waals surface area contributed by atoms with Gasteiger partial charge in [0.25, 0.3) is 5.91 Å². The highest BCUT2D eigenvalue weighted by molar-refractivity contribution is 6.31. The van der Waals surface area contributed by atoms with Crippen LogP contribution in [0.4, 0.5) is 0 Å². The fourth-order valence-electron chi connectivity index (χ4n) is 1.87. The number of aromatic hydroxyl groups is 1. The lowest BCUT2D eigenvalue weighted by Gasteiger charge is -2.09. The molecule has 3 N–H and O–H groups in total. The van der Waals surface area contributed by atoms with Crippen molar-refractivity contribution in [3.8, 4) is 5.75 Å². The Hall–Kier alpha value is -2.53. The minimum Gasteiger partial charge on any atom is -0.507 e. The molecule has 5 nitrogen and oxygen atoms in total. The summed E-state index contributed by atoms with van der Waals surface area (Å²) in [6.45, 7) is 0. The van der Waals surface area contributed by atoms with Gasteiger partial charge < -0.3 is 5.11 Å². The summed E-state index contributed by atoms with van der Waals surface area (Å²) in [5.74, 6) is -1.07. The molecule has 0 heterocycles. The average Bonchev–Trinajstić information content (AvgIpc) is 2.52. The number of carbonyl (C=O) groups is 2. The molecule has 6 heteroatoms. The van der Waals surface area contributed by atoms with Crippen molar-refractivity contribution >= 4 is 23.4 Å². The van der Waals surface area contributed by atoms with Crippen molar-refractivity contribution in [2.24, 2.45) is 0 Å². The van der Waals surface area contributed by atoms with Crippen LogP contribution in [0.15, 0.2) is 48.5 Å². The molecule has 0 fully saturated rings. The molecule has 2 rings (SSSR count). The van der Waals surface area contributed by atoms with E-state index in [-0.39, 0.29) is 23.6 Å². The highest BCUT2D eigenvalue weighted by atomic mass is 35.5. The summed E-state index contributed by atoms with van der Waals surface area (Å²) in [7, 11) is 0. The number of para-hydroxylation sites is 1. The zero-order chi connectivity index (χ0) is 15.9. The molecule has 2 amide bonds. The number of nitrogens with one attached hydrogen (secondary N) is 2. The number of benzene rings is 2. The summed E-state index contributed by atoms with van der Waals surface area (Å²) in [4.78, 5) is 23.5. The van der Waals surface area contributed by atoms with E-state index in [0.717, 1.165) is 5.56 Å². The number of hydrogen-bond acceptors (Lipinski definition) is 3. The van der Waals surface area contributed by atoms with E-state index in [1.165, 1.54) is 12.1 Å². The largest absolute Gasteiger partial charge is 0.507 e. The van der Waals surface area contributed by atoms with Gasteiger partial charge in [0.15, 0.2) is 0 Å². The molecule has 2 aromatic carbocycles. The number of hydrazine groups is 1. The summed E-state index contributed by atoms with van der Waals surface area (Å²) in [6, 6.07) is 13.3. The number of phenolic OH excluding ortho intramolecular Hbond substituents is 1. The molecule has 0 aliphatic rings. The lowest BCUT2D eigenvalue weighted by atomic mass is 10.1. The van der Waals surface area contributed by atoms with Gasteiger partial charge in [-0.25, -0.2) is 0 Å². The van der Waals surface area contributed by atoms with Gasteiger partial charge in [0, 0.05) is 11.4 Å². The third-order valence-corrected chi connectivity index (χ3v) is 3.41. The van der Waals surface area contributed by atoms with Gasteiger partial charge in [0.05, 0.1) is 5.56 Å². The van der Waals surface area contributed by atoms with Crippen molar-refractivity contribution in [2.45, 2.75) is 12.8 Å². The number of phenols is 1. The Morgan fingerprint density at radius 2 is 1.68 bits per heavy atom. The maximum Gasteiger partial charge on any atom is 0.273 e. The number of halogens is 1. The van der Waals surface area contributed by atoms with E-state index in [9.17, 15) is 14.7 Å². The van der Waals surface area contributed by atoms with Gasteiger partial charge >= 0.3 is 0 Å². The molecule has 2 aromatic rings. The second-order valence-corrected chi connectivity index (χ2v) is 5.02. The number of rotatable bonds is 4. The van der Waals surface area contributed by atoms with Crippen molar-refractivity contribution in [1.82, 2.24) is 10.9 Å². The summed E-state index contributed by atoms with van der Waals surface area (Å²) in [6.07, 6.45) is 0.656. The van der Waals surface area contributed by atoms with E-state index in [1.54, 1.807) is 18.2 Å². The second-order valence-electron chi connectivity index (χ2n) is 4.61. The minimum absolute atomic E-state index is 0.0916. The molecule has 0 saturated carbocycles. The van der Waals surface area contributed by atoms with Crippen LogP contribution in [0.1, 0.15) is 22.3 Å².